The van der Waals surface area contributed by atoms with Crippen molar-refractivity contribution >= 4 is 11.7 Å². The van der Waals surface area contributed by atoms with Gasteiger partial charge in [-0.25, -0.2) is 0 Å². The lowest BCUT2D eigenvalue weighted by molar-refractivity contribution is -0.129. The average molecular weight is 450 g/mol. The van der Waals surface area contributed by atoms with Gasteiger partial charge in [-0.15, -0.1) is 0 Å². The lowest BCUT2D eigenvalue weighted by Crippen LogP contribution is -2.34. The summed E-state index contributed by atoms with van der Waals surface area (Å²) in [5, 5.41) is 10.8. The Balaban J connectivity index is 1.98. The van der Waals surface area contributed by atoms with Crippen LogP contribution >= 0.6 is 0 Å². The molecular formula is C28H35NO4. The number of nitrogens with zero attached hydrogens (tertiary/aromatic N) is 1. The van der Waals surface area contributed by atoms with Gasteiger partial charge in [-0.1, -0.05) is 77.9 Å². The molecule has 0 saturated carbocycles. The van der Waals surface area contributed by atoms with E-state index in [1.54, 1.807) is 32.8 Å². The summed E-state index contributed by atoms with van der Waals surface area (Å²) in [5.41, 5.74) is 2.48. The molecule has 1 atom stereocenters. The molecule has 1 heterocycles. The first-order valence-electron chi connectivity index (χ1n) is 11.4. The molecule has 33 heavy (non-hydrogen) atoms. The highest BCUT2D eigenvalue weighted by Crippen LogP contribution is 2.41. The second kappa shape index (κ2) is 9.05. The third-order valence-electron chi connectivity index (χ3n) is 6.12. The topological polar surface area (TPSA) is 66.8 Å². The maximum Gasteiger partial charge on any atom is 0.290 e. The maximum absolute atomic E-state index is 13.3. The van der Waals surface area contributed by atoms with E-state index in [1.165, 1.54) is 0 Å². The van der Waals surface area contributed by atoms with Crippen molar-refractivity contribution in [2.75, 3.05) is 13.7 Å². The van der Waals surface area contributed by atoms with Crippen LogP contribution in [0, 0.1) is 5.41 Å². The molecule has 1 aliphatic rings. The number of Topliss-reactive ketones (excluding diaryl/α,β-unsaturated/α-hetero) is 1. The Morgan fingerprint density at radius 1 is 0.970 bits per heavy atom. The first kappa shape index (κ1) is 24.6. The SMILES string of the molecule is COc1ccc(CCN2C(=O)C(O)=C(C(=O)C(C)(C)C)C2c2ccc(C(C)(C)C)cc2)cc1. The number of rotatable bonds is 6. The lowest BCUT2D eigenvalue weighted by atomic mass is 9.81. The van der Waals surface area contributed by atoms with E-state index in [0.717, 1.165) is 22.4 Å². The molecule has 0 aromatic heterocycles. The predicted octanol–water partition coefficient (Wildman–Crippen LogP) is 5.55. The minimum atomic E-state index is -0.723. The fraction of sp³-hybridized carbons (Fsp3) is 0.429. The Labute approximate surface area is 197 Å². The van der Waals surface area contributed by atoms with E-state index in [1.807, 2.05) is 48.5 Å². The van der Waals surface area contributed by atoms with Gasteiger partial charge >= 0.3 is 0 Å². The van der Waals surface area contributed by atoms with Gasteiger partial charge in [-0.3, -0.25) is 9.59 Å². The molecule has 2 aromatic carbocycles. The van der Waals surface area contributed by atoms with Crippen LogP contribution in [0.25, 0.3) is 0 Å². The van der Waals surface area contributed by atoms with Gasteiger partial charge < -0.3 is 14.7 Å². The minimum Gasteiger partial charge on any atom is -0.503 e. The van der Waals surface area contributed by atoms with Crippen LogP contribution < -0.4 is 4.74 Å². The third kappa shape index (κ3) is 5.13. The third-order valence-corrected chi connectivity index (χ3v) is 6.12. The Morgan fingerprint density at radius 3 is 2.03 bits per heavy atom. The zero-order chi connectivity index (χ0) is 24.6. The summed E-state index contributed by atoms with van der Waals surface area (Å²) < 4.78 is 5.22. The van der Waals surface area contributed by atoms with Crippen molar-refractivity contribution in [3.05, 3.63) is 76.6 Å². The number of hydrogen-bond donors (Lipinski definition) is 1. The number of amides is 1. The Hall–Kier alpha value is -3.08. The standard InChI is InChI=1S/C28H35NO4/c1-27(2,3)20-12-10-19(11-13-20)23-22(25(31)28(4,5)6)24(30)26(32)29(23)17-16-18-8-14-21(33-7)15-9-18/h8-15,23,30H,16-17H2,1-7H3. The molecule has 3 rings (SSSR count). The van der Waals surface area contributed by atoms with Gasteiger partial charge in [0.1, 0.15) is 5.75 Å². The van der Waals surface area contributed by atoms with Gasteiger partial charge in [-0.05, 0) is 40.7 Å². The molecular weight excluding hydrogens is 414 g/mol. The number of methoxy groups -OCH3 is 1. The number of carbonyl (C=O) groups is 2. The van der Waals surface area contributed by atoms with Crippen molar-refractivity contribution in [3.63, 3.8) is 0 Å². The zero-order valence-electron chi connectivity index (χ0n) is 20.7. The largest absolute Gasteiger partial charge is 0.503 e. The molecule has 5 nitrogen and oxygen atoms in total. The van der Waals surface area contributed by atoms with Gasteiger partial charge in [0.2, 0.25) is 0 Å². The van der Waals surface area contributed by atoms with Crippen LogP contribution in [0.3, 0.4) is 0 Å². The number of ether oxygens (including phenoxy) is 1. The monoisotopic (exact) mass is 449 g/mol. The van der Waals surface area contributed by atoms with E-state index in [-0.39, 0.29) is 16.8 Å². The first-order valence-corrected chi connectivity index (χ1v) is 11.4. The molecule has 1 unspecified atom stereocenters. The second-order valence-corrected chi connectivity index (χ2v) is 10.7. The smallest absolute Gasteiger partial charge is 0.290 e. The van der Waals surface area contributed by atoms with Crippen LogP contribution in [-0.2, 0) is 21.4 Å². The molecule has 2 aromatic rings. The quantitative estimate of drug-likeness (QED) is 0.628. The van der Waals surface area contributed by atoms with Crippen LogP contribution in [0.2, 0.25) is 0 Å². The van der Waals surface area contributed by atoms with E-state index < -0.39 is 23.1 Å². The summed E-state index contributed by atoms with van der Waals surface area (Å²) in [7, 11) is 1.62. The number of aliphatic hydroxyl groups is 1. The van der Waals surface area contributed by atoms with E-state index in [4.69, 9.17) is 4.74 Å². The normalized spacial score (nSPS) is 17.0. The number of ketones is 1. The fourth-order valence-corrected chi connectivity index (χ4v) is 4.07. The van der Waals surface area contributed by atoms with Gasteiger partial charge in [0.25, 0.3) is 5.91 Å². The minimum absolute atomic E-state index is 0.0138. The Morgan fingerprint density at radius 2 is 1.55 bits per heavy atom. The molecule has 0 saturated heterocycles. The highest BCUT2D eigenvalue weighted by molar-refractivity contribution is 6.10. The van der Waals surface area contributed by atoms with E-state index >= 15 is 0 Å². The lowest BCUT2D eigenvalue weighted by Gasteiger charge is -2.29. The number of aliphatic hydroxyl groups excluding tert-OH is 1. The predicted molar refractivity (Wildman–Crippen MR) is 130 cm³/mol. The Kier molecular flexibility index (Phi) is 6.73. The molecule has 0 spiro atoms. The molecule has 0 aliphatic carbocycles. The van der Waals surface area contributed by atoms with Crippen LogP contribution in [0.1, 0.15) is 64.3 Å². The van der Waals surface area contributed by atoms with Crippen molar-refractivity contribution < 1.29 is 19.4 Å². The summed E-state index contributed by atoms with van der Waals surface area (Å²) in [6.45, 7) is 12.2. The van der Waals surface area contributed by atoms with Crippen LogP contribution in [0.15, 0.2) is 59.9 Å². The highest BCUT2D eigenvalue weighted by Gasteiger charge is 2.45. The molecule has 0 fully saturated rings. The van der Waals surface area contributed by atoms with Crippen LogP contribution in [0.5, 0.6) is 5.75 Å². The molecule has 0 bridgehead atoms. The van der Waals surface area contributed by atoms with E-state index in [0.29, 0.717) is 13.0 Å². The maximum atomic E-state index is 13.3. The van der Waals surface area contributed by atoms with Crippen molar-refractivity contribution in [3.8, 4) is 5.75 Å². The van der Waals surface area contributed by atoms with Gasteiger partial charge in [-0.2, -0.15) is 0 Å². The summed E-state index contributed by atoms with van der Waals surface area (Å²) in [6.07, 6.45) is 0.594. The van der Waals surface area contributed by atoms with Gasteiger partial charge in [0.05, 0.1) is 18.7 Å². The van der Waals surface area contributed by atoms with Crippen molar-refractivity contribution in [2.24, 2.45) is 5.41 Å². The number of carbonyl (C=O) groups excluding carboxylic acids is 2. The van der Waals surface area contributed by atoms with E-state index in [2.05, 4.69) is 20.8 Å². The van der Waals surface area contributed by atoms with E-state index in [9.17, 15) is 14.7 Å². The summed E-state index contributed by atoms with van der Waals surface area (Å²) in [6, 6.07) is 15.1. The van der Waals surface area contributed by atoms with Crippen molar-refractivity contribution in [1.29, 1.82) is 0 Å². The van der Waals surface area contributed by atoms with Gasteiger partial charge in [0.15, 0.2) is 11.5 Å². The summed E-state index contributed by atoms with van der Waals surface area (Å²) in [5.74, 6) is -0.383. The molecule has 1 aliphatic heterocycles. The van der Waals surface area contributed by atoms with Crippen LogP contribution in [0.4, 0.5) is 0 Å². The average Bonchev–Trinajstić information content (AvgIpc) is 3.01. The molecule has 176 valence electrons. The zero-order valence-corrected chi connectivity index (χ0v) is 20.7. The van der Waals surface area contributed by atoms with Crippen molar-refractivity contribution in [1.82, 2.24) is 4.90 Å². The number of hydrogen-bond acceptors (Lipinski definition) is 4. The molecule has 0 radical (unpaired) electrons. The molecule has 1 N–H and O–H groups in total. The summed E-state index contributed by atoms with van der Waals surface area (Å²) in [4.78, 5) is 28.1. The fourth-order valence-electron chi connectivity index (χ4n) is 4.07. The Bertz CT molecular complexity index is 1050. The van der Waals surface area contributed by atoms with Crippen LogP contribution in [-0.4, -0.2) is 35.4 Å². The first-order chi connectivity index (χ1) is 15.3. The summed E-state index contributed by atoms with van der Waals surface area (Å²) >= 11 is 0. The second-order valence-electron chi connectivity index (χ2n) is 10.7. The molecule has 1 amide bonds. The van der Waals surface area contributed by atoms with Crippen molar-refractivity contribution in [2.45, 2.75) is 59.4 Å². The number of benzene rings is 2. The van der Waals surface area contributed by atoms with Gasteiger partial charge in [0, 0.05) is 12.0 Å². The molecule has 5 heteroatoms. The highest BCUT2D eigenvalue weighted by atomic mass is 16.5.